The molecule has 2 aliphatic heterocycles. The van der Waals surface area contributed by atoms with Gasteiger partial charge in [0.2, 0.25) is 0 Å². The third kappa shape index (κ3) is 5.48. The van der Waals surface area contributed by atoms with Crippen LogP contribution in [0.1, 0.15) is 12.5 Å². The summed E-state index contributed by atoms with van der Waals surface area (Å²) in [6.07, 6.45) is -9.66. The average Bonchev–Trinajstić information content (AvgIpc) is 3.33. The lowest BCUT2D eigenvalue weighted by atomic mass is 10.1. The molecular formula is C18H26N7O12P. The summed E-state index contributed by atoms with van der Waals surface area (Å²) in [7, 11) is -4.75. The summed E-state index contributed by atoms with van der Waals surface area (Å²) in [6.45, 7) is -1.48. The summed E-state index contributed by atoms with van der Waals surface area (Å²) in [5, 5.41) is 41.1. The van der Waals surface area contributed by atoms with E-state index < -0.39 is 81.5 Å². The van der Waals surface area contributed by atoms with E-state index in [-0.39, 0.29) is 11.6 Å². The van der Waals surface area contributed by atoms with Gasteiger partial charge in [0.25, 0.3) is 0 Å². The van der Waals surface area contributed by atoms with Crippen LogP contribution in [0.4, 0.5) is 11.6 Å². The summed E-state index contributed by atoms with van der Waals surface area (Å²) in [5.41, 5.74) is 9.16. The van der Waals surface area contributed by atoms with Crippen LogP contribution in [0.25, 0.3) is 0 Å². The predicted molar refractivity (Wildman–Crippen MR) is 122 cm³/mol. The quantitative estimate of drug-likeness (QED) is 0.113. The Balaban J connectivity index is 1.46. The molecule has 4 rings (SSSR count). The number of nitrogen functional groups attached to an aromatic ring is 2. The molecule has 20 heteroatoms. The smallest absolute Gasteiger partial charge is 0.394 e. The number of aliphatic hydroxyl groups excluding tert-OH is 4. The number of hydrogen-bond donors (Lipinski definition) is 7. The highest BCUT2D eigenvalue weighted by Gasteiger charge is 2.51. The number of aromatic nitrogens is 4. The van der Waals surface area contributed by atoms with E-state index >= 15 is 0 Å². The first-order valence-corrected chi connectivity index (χ1v) is 12.4. The van der Waals surface area contributed by atoms with Crippen molar-refractivity contribution in [3.8, 4) is 0 Å². The Labute approximate surface area is 212 Å². The lowest BCUT2D eigenvalue weighted by Crippen LogP contribution is -2.38. The Morgan fingerprint density at radius 3 is 1.95 bits per heavy atom. The molecular weight excluding hydrogens is 537 g/mol. The maximum absolute atomic E-state index is 13.1. The molecule has 0 aromatic carbocycles. The predicted octanol–water partition coefficient (Wildman–Crippen LogP) is -4.07. The van der Waals surface area contributed by atoms with Crippen molar-refractivity contribution >= 4 is 19.5 Å². The number of hydrogen-bond acceptors (Lipinski definition) is 17. The number of aliphatic hydroxyl groups is 4. The second-order valence-corrected chi connectivity index (χ2v) is 9.86. The Morgan fingerprint density at radius 2 is 1.45 bits per heavy atom. The van der Waals surface area contributed by atoms with Gasteiger partial charge in [-0.3, -0.25) is 18.2 Å². The van der Waals surface area contributed by atoms with E-state index in [1.54, 1.807) is 0 Å². The first kappa shape index (κ1) is 28.2. The first-order chi connectivity index (χ1) is 18.0. The van der Waals surface area contributed by atoms with Gasteiger partial charge in [0.05, 0.1) is 13.2 Å². The van der Waals surface area contributed by atoms with Crippen LogP contribution in [0.15, 0.2) is 34.1 Å². The fourth-order valence-electron chi connectivity index (χ4n) is 3.96. The minimum Gasteiger partial charge on any atom is -0.394 e. The van der Waals surface area contributed by atoms with Gasteiger partial charge in [-0.1, -0.05) is 0 Å². The van der Waals surface area contributed by atoms with Gasteiger partial charge < -0.3 is 41.4 Å². The molecule has 0 saturated carbocycles. The van der Waals surface area contributed by atoms with Crippen molar-refractivity contribution in [2.24, 2.45) is 5.90 Å². The lowest BCUT2D eigenvalue weighted by Gasteiger charge is -2.25. The zero-order valence-electron chi connectivity index (χ0n) is 19.4. The maximum Gasteiger partial charge on any atom is 0.491 e. The van der Waals surface area contributed by atoms with Crippen molar-refractivity contribution in [1.82, 2.24) is 19.1 Å². The first-order valence-electron chi connectivity index (χ1n) is 10.9. The van der Waals surface area contributed by atoms with E-state index in [0.717, 1.165) is 9.13 Å². The van der Waals surface area contributed by atoms with Crippen LogP contribution in [0.3, 0.4) is 0 Å². The van der Waals surface area contributed by atoms with Gasteiger partial charge in [-0.25, -0.2) is 24.7 Å². The van der Waals surface area contributed by atoms with E-state index in [1.807, 2.05) is 0 Å². The van der Waals surface area contributed by atoms with Crippen molar-refractivity contribution in [1.29, 1.82) is 0 Å². The molecule has 0 spiro atoms. The van der Waals surface area contributed by atoms with Crippen LogP contribution in [0.5, 0.6) is 0 Å². The monoisotopic (exact) mass is 563 g/mol. The Kier molecular flexibility index (Phi) is 8.26. The molecule has 210 valence electrons. The molecule has 2 aliphatic rings. The third-order valence-electron chi connectivity index (χ3n) is 5.85. The number of phosphoric acid groups is 1. The van der Waals surface area contributed by atoms with Gasteiger partial charge in [0.1, 0.15) is 48.3 Å². The molecule has 2 saturated heterocycles. The molecule has 10 N–H and O–H groups in total. The topological polar surface area (TPSA) is 292 Å². The van der Waals surface area contributed by atoms with Crippen LogP contribution in [-0.4, -0.2) is 89.4 Å². The highest BCUT2D eigenvalue weighted by Crippen LogP contribution is 2.52. The highest BCUT2D eigenvalue weighted by molar-refractivity contribution is 7.48. The van der Waals surface area contributed by atoms with Gasteiger partial charge in [0, 0.05) is 12.4 Å². The molecule has 0 bridgehead atoms. The summed E-state index contributed by atoms with van der Waals surface area (Å²) in [4.78, 5) is 31.3. The summed E-state index contributed by atoms with van der Waals surface area (Å²) in [5.74, 6) is 4.95. The highest BCUT2D eigenvalue weighted by atomic mass is 31.2. The molecule has 0 radical (unpaired) electrons. The zero-order valence-corrected chi connectivity index (χ0v) is 20.3. The SMILES string of the molecule is NOP(=O)(OCC1OC(n2ccc(N)nc2=O)C(O)C1O)OC1C(CO)OC(n2ccc(N)nc2=O)C1O. The summed E-state index contributed by atoms with van der Waals surface area (Å²) >= 11 is 0. The molecule has 0 amide bonds. The standard InChI is InChI=1S/C18H26N7O12P/c19-9-1-3-24(17(30)22-9)15-12(28)11(27)8(35-15)6-33-38(32,37-21)36-14-7(5-26)34-16(13(14)29)25-4-2-10(20)23-18(25)31/h1-4,7-8,11-16,26-29H,5-6,21H2,(H2,19,22,30)(H2,20,23,31). The molecule has 2 aromatic heterocycles. The minimum atomic E-state index is -4.75. The molecule has 19 nitrogen and oxygen atoms in total. The summed E-state index contributed by atoms with van der Waals surface area (Å²) in [6, 6.07) is 2.53. The van der Waals surface area contributed by atoms with Crippen molar-refractivity contribution in [2.75, 3.05) is 24.7 Å². The second kappa shape index (κ2) is 11.1. The molecule has 9 unspecified atom stereocenters. The second-order valence-electron chi connectivity index (χ2n) is 8.29. The molecule has 38 heavy (non-hydrogen) atoms. The Bertz CT molecular complexity index is 1310. The third-order valence-corrected chi connectivity index (χ3v) is 7.08. The van der Waals surface area contributed by atoms with Crippen LogP contribution in [-0.2, 0) is 27.7 Å². The normalized spacial score (nSPS) is 32.9. The van der Waals surface area contributed by atoms with E-state index in [4.69, 9.17) is 35.9 Å². The number of ether oxygens (including phenoxy) is 2. The van der Waals surface area contributed by atoms with Gasteiger partial charge in [-0.05, 0) is 12.1 Å². The fourth-order valence-corrected chi connectivity index (χ4v) is 5.02. The number of nitrogens with zero attached hydrogens (tertiary/aromatic N) is 4. The molecule has 2 aromatic rings. The molecule has 0 aliphatic carbocycles. The van der Waals surface area contributed by atoms with E-state index in [9.17, 15) is 34.6 Å². The van der Waals surface area contributed by atoms with E-state index in [2.05, 4.69) is 14.6 Å². The van der Waals surface area contributed by atoms with E-state index in [0.29, 0.717) is 0 Å². The number of rotatable bonds is 9. The van der Waals surface area contributed by atoms with Crippen LogP contribution >= 0.6 is 7.82 Å². The lowest BCUT2D eigenvalue weighted by molar-refractivity contribution is -0.0636. The van der Waals surface area contributed by atoms with Crippen molar-refractivity contribution < 1.29 is 48.1 Å². The molecule has 9 atom stereocenters. The van der Waals surface area contributed by atoms with E-state index in [1.165, 1.54) is 24.5 Å². The van der Waals surface area contributed by atoms with Gasteiger partial charge in [-0.15, -0.1) is 0 Å². The van der Waals surface area contributed by atoms with Gasteiger partial charge in [-0.2, -0.15) is 9.97 Å². The average molecular weight is 563 g/mol. The molecule has 4 heterocycles. The van der Waals surface area contributed by atoms with Crippen LogP contribution in [0, 0.1) is 0 Å². The maximum atomic E-state index is 13.1. The largest absolute Gasteiger partial charge is 0.491 e. The van der Waals surface area contributed by atoms with Crippen LogP contribution < -0.4 is 28.7 Å². The zero-order chi connectivity index (χ0) is 27.8. The Hall–Kier alpha value is -2.81. The van der Waals surface area contributed by atoms with Crippen molar-refractivity contribution in [2.45, 2.75) is 49.1 Å². The number of nitrogens with two attached hydrogens (primary N) is 3. The number of phosphoric ester groups is 1. The van der Waals surface area contributed by atoms with Crippen LogP contribution in [0.2, 0.25) is 0 Å². The van der Waals surface area contributed by atoms with Crippen molar-refractivity contribution in [3.63, 3.8) is 0 Å². The Morgan fingerprint density at radius 1 is 0.921 bits per heavy atom. The van der Waals surface area contributed by atoms with Gasteiger partial charge >= 0.3 is 19.2 Å². The minimum absolute atomic E-state index is 0.0728. The summed E-state index contributed by atoms with van der Waals surface area (Å²) < 4.78 is 40.5. The van der Waals surface area contributed by atoms with Gasteiger partial charge in [0.15, 0.2) is 12.5 Å². The molecule has 2 fully saturated rings. The fraction of sp³-hybridized carbons (Fsp3) is 0.556. The number of anilines is 2. The van der Waals surface area contributed by atoms with Crippen molar-refractivity contribution in [3.05, 3.63) is 45.5 Å².